The van der Waals surface area contributed by atoms with Crippen LogP contribution >= 0.6 is 11.6 Å². The van der Waals surface area contributed by atoms with Crippen LogP contribution in [-0.2, 0) is 9.59 Å². The fourth-order valence-corrected chi connectivity index (χ4v) is 0.688. The Morgan fingerprint density at radius 2 is 1.83 bits per heavy atom. The first kappa shape index (κ1) is 11.3. The zero-order valence-corrected chi connectivity index (χ0v) is 6.89. The van der Waals surface area contributed by atoms with Crippen LogP contribution in [0, 0.1) is 5.92 Å². The lowest BCUT2D eigenvalue weighted by Crippen LogP contribution is -2.32. The molecule has 0 aromatic heterocycles. The molecule has 0 fully saturated rings. The van der Waals surface area contributed by atoms with Gasteiger partial charge in [0.1, 0.15) is 5.38 Å². The molecule has 2 atom stereocenters. The molecule has 0 spiro atoms. The molecule has 0 rings (SSSR count). The number of carboxylic acids is 1. The van der Waals surface area contributed by atoms with E-state index in [2.05, 4.69) is 0 Å². The summed E-state index contributed by atoms with van der Waals surface area (Å²) in [7, 11) is 0. The van der Waals surface area contributed by atoms with E-state index in [1.54, 1.807) is 0 Å². The molecule has 12 heavy (non-hydrogen) atoms. The smallest absolute Gasteiger partial charge is 0.373 e. The van der Waals surface area contributed by atoms with E-state index < -0.39 is 29.5 Å². The lowest BCUT2D eigenvalue weighted by Gasteiger charge is -2.13. The molecule has 6 heteroatoms. The van der Waals surface area contributed by atoms with Gasteiger partial charge in [-0.05, 0) is 0 Å². The third kappa shape index (κ3) is 2.73. The van der Waals surface area contributed by atoms with Gasteiger partial charge >= 0.3 is 5.97 Å². The fraction of sp³-hybridized carbons (Fsp3) is 0.667. The highest BCUT2D eigenvalue weighted by Crippen LogP contribution is 2.19. The molecule has 0 bridgehead atoms. The van der Waals surface area contributed by atoms with Crippen molar-refractivity contribution >= 4 is 23.4 Å². The molecule has 1 N–H and O–H groups in total. The standard InChI is InChI=1S/C6H7ClF2O3/c1-2(5(8)9)3(7)4(10)6(11)12/h2-3,5H,1H3,(H,11,12). The van der Waals surface area contributed by atoms with Gasteiger partial charge < -0.3 is 5.11 Å². The Morgan fingerprint density at radius 3 is 2.08 bits per heavy atom. The summed E-state index contributed by atoms with van der Waals surface area (Å²) in [4.78, 5) is 20.5. The van der Waals surface area contributed by atoms with Gasteiger partial charge in [0, 0.05) is 5.92 Å². The van der Waals surface area contributed by atoms with Crippen LogP contribution in [0.4, 0.5) is 8.78 Å². The number of carbonyl (C=O) groups is 2. The molecule has 2 unspecified atom stereocenters. The highest BCUT2D eigenvalue weighted by molar-refractivity contribution is 6.47. The van der Waals surface area contributed by atoms with Crippen molar-refractivity contribution in [2.45, 2.75) is 18.7 Å². The molecule has 0 aromatic carbocycles. The van der Waals surface area contributed by atoms with Crippen LogP contribution in [0.25, 0.3) is 0 Å². The molecule has 3 nitrogen and oxygen atoms in total. The minimum Gasteiger partial charge on any atom is -0.475 e. The van der Waals surface area contributed by atoms with Crippen LogP contribution in [-0.4, -0.2) is 28.7 Å². The molecule has 0 saturated carbocycles. The second-order valence-electron chi connectivity index (χ2n) is 2.26. The molecule has 0 amide bonds. The monoisotopic (exact) mass is 200 g/mol. The lowest BCUT2D eigenvalue weighted by atomic mass is 10.1. The number of Topliss-reactive ketones (excluding diaryl/α,β-unsaturated/α-hetero) is 1. The molecule has 0 heterocycles. The van der Waals surface area contributed by atoms with Gasteiger partial charge in [-0.1, -0.05) is 6.92 Å². The van der Waals surface area contributed by atoms with Gasteiger partial charge in [0.05, 0.1) is 0 Å². The fourth-order valence-electron chi connectivity index (χ4n) is 0.484. The van der Waals surface area contributed by atoms with Gasteiger partial charge in [-0.2, -0.15) is 0 Å². The van der Waals surface area contributed by atoms with Gasteiger partial charge in [-0.25, -0.2) is 13.6 Å². The molecule has 0 aromatic rings. The van der Waals surface area contributed by atoms with Crippen LogP contribution in [0.2, 0.25) is 0 Å². The van der Waals surface area contributed by atoms with Crippen LogP contribution in [0.3, 0.4) is 0 Å². The second kappa shape index (κ2) is 4.35. The van der Waals surface area contributed by atoms with Crippen molar-refractivity contribution < 1.29 is 23.5 Å². The Labute approximate surface area is 72.3 Å². The summed E-state index contributed by atoms with van der Waals surface area (Å²) in [5, 5.41) is 6.44. The largest absolute Gasteiger partial charge is 0.475 e. The number of aliphatic carboxylic acids is 1. The number of hydrogen-bond acceptors (Lipinski definition) is 2. The second-order valence-corrected chi connectivity index (χ2v) is 2.73. The molecular formula is C6H7ClF2O3. The van der Waals surface area contributed by atoms with Crippen LogP contribution in [0.15, 0.2) is 0 Å². The number of halogens is 3. The Bertz CT molecular complexity index is 195. The Hall–Kier alpha value is -0.710. The quantitative estimate of drug-likeness (QED) is 0.547. The number of rotatable bonds is 4. The Kier molecular flexibility index (Phi) is 4.09. The van der Waals surface area contributed by atoms with Crippen molar-refractivity contribution in [1.29, 1.82) is 0 Å². The van der Waals surface area contributed by atoms with Crippen molar-refractivity contribution in [3.63, 3.8) is 0 Å². The van der Waals surface area contributed by atoms with Gasteiger partial charge in [-0.15, -0.1) is 11.6 Å². The van der Waals surface area contributed by atoms with Gasteiger partial charge in [0.2, 0.25) is 6.43 Å². The van der Waals surface area contributed by atoms with E-state index in [4.69, 9.17) is 16.7 Å². The van der Waals surface area contributed by atoms with Crippen molar-refractivity contribution in [2.24, 2.45) is 5.92 Å². The summed E-state index contributed by atoms with van der Waals surface area (Å²) in [6.45, 7) is 1.02. The minimum absolute atomic E-state index is 1.02. The van der Waals surface area contributed by atoms with Crippen LogP contribution < -0.4 is 0 Å². The maximum Gasteiger partial charge on any atom is 0.373 e. The van der Waals surface area contributed by atoms with Gasteiger partial charge in [0.25, 0.3) is 5.78 Å². The molecule has 70 valence electrons. The van der Waals surface area contributed by atoms with Crippen molar-refractivity contribution in [3.05, 3.63) is 0 Å². The summed E-state index contributed by atoms with van der Waals surface area (Å²) in [5.74, 6) is -4.64. The van der Waals surface area contributed by atoms with Crippen LogP contribution in [0.1, 0.15) is 6.92 Å². The molecular weight excluding hydrogens is 194 g/mol. The summed E-state index contributed by atoms with van der Waals surface area (Å²) in [6.07, 6.45) is -2.80. The summed E-state index contributed by atoms with van der Waals surface area (Å²) >= 11 is 5.16. The highest BCUT2D eigenvalue weighted by atomic mass is 35.5. The Balaban J connectivity index is 4.29. The molecule has 0 aliphatic rings. The van der Waals surface area contributed by atoms with E-state index in [1.807, 2.05) is 0 Å². The number of alkyl halides is 3. The van der Waals surface area contributed by atoms with Crippen molar-refractivity contribution in [1.82, 2.24) is 0 Å². The van der Waals surface area contributed by atoms with E-state index in [1.165, 1.54) is 0 Å². The van der Waals surface area contributed by atoms with Crippen molar-refractivity contribution in [2.75, 3.05) is 0 Å². The van der Waals surface area contributed by atoms with Gasteiger partial charge in [0.15, 0.2) is 0 Å². The van der Waals surface area contributed by atoms with E-state index >= 15 is 0 Å². The Morgan fingerprint density at radius 1 is 1.42 bits per heavy atom. The normalized spacial score (nSPS) is 15.8. The van der Waals surface area contributed by atoms with Crippen LogP contribution in [0.5, 0.6) is 0 Å². The molecule has 0 radical (unpaired) electrons. The highest BCUT2D eigenvalue weighted by Gasteiger charge is 2.32. The maximum atomic E-state index is 11.9. The number of hydrogen-bond donors (Lipinski definition) is 1. The first-order chi connectivity index (χ1) is 5.37. The van der Waals surface area contributed by atoms with E-state index in [9.17, 15) is 18.4 Å². The zero-order chi connectivity index (χ0) is 9.89. The summed E-state index contributed by atoms with van der Waals surface area (Å²) in [6, 6.07) is 0. The third-order valence-corrected chi connectivity index (χ3v) is 1.92. The average Bonchev–Trinajstić information content (AvgIpc) is 2.00. The molecule has 0 aliphatic heterocycles. The zero-order valence-electron chi connectivity index (χ0n) is 6.13. The predicted octanol–water partition coefficient (Wildman–Crippen LogP) is 1.15. The van der Waals surface area contributed by atoms with E-state index in [0.29, 0.717) is 0 Å². The van der Waals surface area contributed by atoms with Gasteiger partial charge in [-0.3, -0.25) is 4.79 Å². The third-order valence-electron chi connectivity index (χ3n) is 1.32. The SMILES string of the molecule is CC(C(F)F)C(Cl)C(=O)C(=O)O. The number of ketones is 1. The average molecular weight is 201 g/mol. The number of carboxylic acid groups (broad SMARTS) is 1. The first-order valence-electron chi connectivity index (χ1n) is 3.07. The van der Waals surface area contributed by atoms with E-state index in [0.717, 1.165) is 6.92 Å². The summed E-state index contributed by atoms with van der Waals surface area (Å²) in [5.41, 5.74) is 0. The number of carbonyl (C=O) groups excluding carboxylic acids is 1. The topological polar surface area (TPSA) is 54.4 Å². The molecule has 0 saturated heterocycles. The lowest BCUT2D eigenvalue weighted by molar-refractivity contribution is -0.149. The summed E-state index contributed by atoms with van der Waals surface area (Å²) < 4.78 is 23.7. The van der Waals surface area contributed by atoms with E-state index in [-0.39, 0.29) is 0 Å². The predicted molar refractivity (Wildman–Crippen MR) is 37.5 cm³/mol. The first-order valence-corrected chi connectivity index (χ1v) is 3.51. The van der Waals surface area contributed by atoms with Crippen molar-refractivity contribution in [3.8, 4) is 0 Å². The maximum absolute atomic E-state index is 11.9. The minimum atomic E-state index is -2.80. The molecule has 0 aliphatic carbocycles.